The van der Waals surface area contributed by atoms with Crippen LogP contribution in [0.5, 0.6) is 0 Å². The SMILES string of the molecule is C[Si](C)(OS(=O)(=O)C(F)(F)F)C1CC2CCC1C2. The topological polar surface area (TPSA) is 43.4 Å². The van der Waals surface area contributed by atoms with Gasteiger partial charge in [0.2, 0.25) is 8.32 Å². The Morgan fingerprint density at radius 2 is 1.78 bits per heavy atom. The van der Waals surface area contributed by atoms with Gasteiger partial charge in [-0.1, -0.05) is 12.8 Å². The van der Waals surface area contributed by atoms with E-state index in [1.807, 2.05) is 0 Å². The summed E-state index contributed by atoms with van der Waals surface area (Å²) in [6.07, 6.45) is 3.98. The molecule has 3 nitrogen and oxygen atoms in total. The molecule has 0 amide bonds. The van der Waals surface area contributed by atoms with E-state index in [4.69, 9.17) is 0 Å². The molecule has 2 aliphatic carbocycles. The summed E-state index contributed by atoms with van der Waals surface area (Å²) in [6.45, 7) is 3.17. The Labute approximate surface area is 106 Å². The van der Waals surface area contributed by atoms with Gasteiger partial charge in [-0.15, -0.1) is 0 Å². The van der Waals surface area contributed by atoms with Crippen LogP contribution in [0.4, 0.5) is 13.2 Å². The minimum Gasteiger partial charge on any atom is -0.308 e. The quantitative estimate of drug-likeness (QED) is 0.594. The van der Waals surface area contributed by atoms with E-state index in [9.17, 15) is 21.6 Å². The number of hydrogen-bond donors (Lipinski definition) is 0. The highest BCUT2D eigenvalue weighted by Gasteiger charge is 2.55. The van der Waals surface area contributed by atoms with Gasteiger partial charge in [0.1, 0.15) is 0 Å². The second-order valence-electron chi connectivity index (χ2n) is 5.87. The first-order valence-corrected chi connectivity index (χ1v) is 10.4. The third-order valence-corrected chi connectivity index (χ3v) is 9.89. The van der Waals surface area contributed by atoms with E-state index in [-0.39, 0.29) is 5.54 Å². The third kappa shape index (κ3) is 2.46. The zero-order valence-electron chi connectivity index (χ0n) is 10.3. The first-order chi connectivity index (χ1) is 8.03. The van der Waals surface area contributed by atoms with E-state index < -0.39 is 23.9 Å². The average molecular weight is 302 g/mol. The number of halogens is 3. The lowest BCUT2D eigenvalue weighted by molar-refractivity contribution is -0.0504. The molecular weight excluding hydrogens is 285 g/mol. The predicted molar refractivity (Wildman–Crippen MR) is 62.7 cm³/mol. The molecule has 3 atom stereocenters. The normalized spacial score (nSPS) is 33.1. The second-order valence-corrected chi connectivity index (χ2v) is 11.9. The van der Waals surface area contributed by atoms with Crippen molar-refractivity contribution in [3.8, 4) is 0 Å². The molecule has 2 fully saturated rings. The molecule has 0 aromatic rings. The van der Waals surface area contributed by atoms with Crippen molar-refractivity contribution in [1.82, 2.24) is 0 Å². The fraction of sp³-hybridized carbons (Fsp3) is 1.00. The molecule has 106 valence electrons. The van der Waals surface area contributed by atoms with Crippen LogP contribution in [0.1, 0.15) is 25.7 Å². The minimum absolute atomic E-state index is 0.0355. The number of rotatable bonds is 3. The van der Waals surface area contributed by atoms with Gasteiger partial charge in [0, 0.05) is 0 Å². The molecule has 2 bridgehead atoms. The van der Waals surface area contributed by atoms with E-state index in [1.165, 1.54) is 0 Å². The number of alkyl halides is 3. The highest BCUT2D eigenvalue weighted by molar-refractivity contribution is 7.88. The lowest BCUT2D eigenvalue weighted by Crippen LogP contribution is -2.44. The summed E-state index contributed by atoms with van der Waals surface area (Å²) in [7, 11) is -8.32. The van der Waals surface area contributed by atoms with Crippen molar-refractivity contribution in [2.45, 2.75) is 49.8 Å². The summed E-state index contributed by atoms with van der Waals surface area (Å²) < 4.78 is 63.9. The molecule has 18 heavy (non-hydrogen) atoms. The largest absolute Gasteiger partial charge is 0.522 e. The van der Waals surface area contributed by atoms with Gasteiger partial charge >= 0.3 is 15.6 Å². The van der Waals surface area contributed by atoms with Crippen molar-refractivity contribution in [1.29, 1.82) is 0 Å². The van der Waals surface area contributed by atoms with Crippen LogP contribution in [-0.4, -0.2) is 22.2 Å². The van der Waals surface area contributed by atoms with E-state index in [1.54, 1.807) is 13.1 Å². The molecule has 3 unspecified atom stereocenters. The van der Waals surface area contributed by atoms with Gasteiger partial charge in [0.25, 0.3) is 0 Å². The zero-order valence-corrected chi connectivity index (χ0v) is 12.1. The van der Waals surface area contributed by atoms with Crippen molar-refractivity contribution in [3.05, 3.63) is 0 Å². The van der Waals surface area contributed by atoms with Crippen molar-refractivity contribution in [2.75, 3.05) is 0 Å². The summed E-state index contributed by atoms with van der Waals surface area (Å²) in [5, 5.41) is 0. The molecule has 0 aliphatic heterocycles. The van der Waals surface area contributed by atoms with Crippen molar-refractivity contribution < 1.29 is 25.5 Å². The van der Waals surface area contributed by atoms with Crippen LogP contribution >= 0.6 is 0 Å². The van der Waals surface area contributed by atoms with Gasteiger partial charge < -0.3 is 3.87 Å². The average Bonchev–Trinajstić information content (AvgIpc) is 2.74. The molecule has 0 spiro atoms. The summed E-state index contributed by atoms with van der Waals surface area (Å²) in [5.41, 5.74) is -5.28. The van der Waals surface area contributed by atoms with Gasteiger partial charge in [0.05, 0.1) is 0 Å². The monoisotopic (exact) mass is 302 g/mol. The Kier molecular flexibility index (Phi) is 3.35. The van der Waals surface area contributed by atoms with Crippen LogP contribution < -0.4 is 0 Å². The summed E-state index contributed by atoms with van der Waals surface area (Å²) in [4.78, 5) is 0. The molecular formula is C10H17F3O3SSi. The predicted octanol–water partition coefficient (Wildman–Crippen LogP) is 3.25. The maximum absolute atomic E-state index is 12.3. The summed E-state index contributed by atoms with van der Waals surface area (Å²) in [6, 6.07) is 0. The lowest BCUT2D eigenvalue weighted by Gasteiger charge is -2.34. The Morgan fingerprint density at radius 1 is 1.17 bits per heavy atom. The summed E-state index contributed by atoms with van der Waals surface area (Å²) in [5.74, 6) is 0.920. The maximum atomic E-state index is 12.3. The molecule has 2 saturated carbocycles. The van der Waals surface area contributed by atoms with Crippen molar-refractivity contribution >= 4 is 18.4 Å². The van der Waals surface area contributed by atoms with E-state index in [2.05, 4.69) is 3.87 Å². The van der Waals surface area contributed by atoms with Crippen LogP contribution in [0, 0.1) is 11.8 Å². The third-order valence-electron chi connectivity index (χ3n) is 4.24. The highest BCUT2D eigenvalue weighted by atomic mass is 32.2. The fourth-order valence-electron chi connectivity index (χ4n) is 3.49. The van der Waals surface area contributed by atoms with Crippen LogP contribution in [-0.2, 0) is 14.0 Å². The van der Waals surface area contributed by atoms with Gasteiger partial charge in [-0.2, -0.15) is 21.6 Å². The smallest absolute Gasteiger partial charge is 0.308 e. The molecule has 0 aromatic carbocycles. The molecule has 0 saturated heterocycles. The van der Waals surface area contributed by atoms with Gasteiger partial charge in [-0.05, 0) is 43.3 Å². The molecule has 8 heteroatoms. The molecule has 0 radical (unpaired) electrons. The summed E-state index contributed by atoms with van der Waals surface area (Å²) >= 11 is 0. The Hall–Kier alpha value is -0.0831. The first kappa shape index (κ1) is 14.3. The standard InChI is InChI=1S/C10H17F3O3SSi/c1-18(2,16-17(14,15)10(11,12)13)9-6-7-3-4-8(9)5-7/h7-9H,3-6H2,1-2H3. The van der Waals surface area contributed by atoms with Crippen molar-refractivity contribution in [3.63, 3.8) is 0 Å². The number of fused-ring (bicyclic) bond motifs is 2. The highest BCUT2D eigenvalue weighted by Crippen LogP contribution is 2.56. The van der Waals surface area contributed by atoms with E-state index in [0.717, 1.165) is 25.7 Å². The second kappa shape index (κ2) is 4.21. The molecule has 0 heterocycles. The molecule has 2 rings (SSSR count). The van der Waals surface area contributed by atoms with Crippen LogP contribution in [0.15, 0.2) is 0 Å². The zero-order chi connectivity index (χ0) is 13.8. The van der Waals surface area contributed by atoms with Crippen LogP contribution in [0.3, 0.4) is 0 Å². The number of hydrogen-bond acceptors (Lipinski definition) is 3. The van der Waals surface area contributed by atoms with Gasteiger partial charge in [-0.25, -0.2) is 0 Å². The molecule has 2 aliphatic rings. The Balaban J connectivity index is 2.13. The first-order valence-electron chi connectivity index (χ1n) is 6.05. The minimum atomic E-state index is -5.45. The fourth-order valence-corrected chi connectivity index (χ4v) is 8.96. The van der Waals surface area contributed by atoms with Crippen molar-refractivity contribution in [2.24, 2.45) is 11.8 Å². The van der Waals surface area contributed by atoms with E-state index >= 15 is 0 Å². The van der Waals surface area contributed by atoms with Crippen LogP contribution in [0.25, 0.3) is 0 Å². The molecule has 0 aromatic heterocycles. The Bertz CT molecular complexity index is 432. The molecule has 0 N–H and O–H groups in total. The Morgan fingerprint density at radius 3 is 2.17 bits per heavy atom. The van der Waals surface area contributed by atoms with E-state index in [0.29, 0.717) is 11.8 Å². The van der Waals surface area contributed by atoms with Gasteiger partial charge in [0.15, 0.2) is 0 Å². The lowest BCUT2D eigenvalue weighted by atomic mass is 10.0. The van der Waals surface area contributed by atoms with Crippen LogP contribution in [0.2, 0.25) is 18.6 Å². The van der Waals surface area contributed by atoms with Gasteiger partial charge in [-0.3, -0.25) is 0 Å². The maximum Gasteiger partial charge on any atom is 0.522 e.